The number of nitrogens with zero attached hydrogens (tertiary/aromatic N) is 2. The molecule has 2 aliphatic heterocycles. The van der Waals surface area contributed by atoms with Gasteiger partial charge in [0.15, 0.2) is 11.6 Å². The highest BCUT2D eigenvalue weighted by Crippen LogP contribution is 2.40. The van der Waals surface area contributed by atoms with E-state index in [2.05, 4.69) is 5.32 Å². The zero-order valence-electron chi connectivity index (χ0n) is 12.8. The van der Waals surface area contributed by atoms with Crippen molar-refractivity contribution in [2.45, 2.75) is 24.9 Å². The first-order valence-corrected chi connectivity index (χ1v) is 7.61. The zero-order valence-corrected chi connectivity index (χ0v) is 12.8. The average molecular weight is 337 g/mol. The van der Waals surface area contributed by atoms with Crippen LogP contribution in [0.25, 0.3) is 0 Å². The predicted octanol–water partition coefficient (Wildman–Crippen LogP) is 2.06. The van der Waals surface area contributed by atoms with Gasteiger partial charge in [-0.15, -0.1) is 0 Å². The van der Waals surface area contributed by atoms with Gasteiger partial charge in [-0.2, -0.15) is 0 Å². The van der Waals surface area contributed by atoms with Crippen LogP contribution in [0.4, 0.5) is 18.0 Å². The van der Waals surface area contributed by atoms with Gasteiger partial charge in [-0.25, -0.2) is 18.0 Å². The Bertz CT molecular complexity index is 804. The van der Waals surface area contributed by atoms with Crippen LogP contribution in [0.1, 0.15) is 24.4 Å². The van der Waals surface area contributed by atoms with E-state index >= 15 is 0 Å². The minimum absolute atomic E-state index is 0.127. The molecule has 3 aliphatic rings. The van der Waals surface area contributed by atoms with E-state index in [1.165, 1.54) is 11.9 Å². The fourth-order valence-electron chi connectivity index (χ4n) is 3.26. The number of halogens is 3. The van der Waals surface area contributed by atoms with Gasteiger partial charge in [-0.05, 0) is 18.9 Å². The Labute approximate surface area is 135 Å². The summed E-state index contributed by atoms with van der Waals surface area (Å²) in [6, 6.07) is -0.406. The highest BCUT2D eigenvalue weighted by Gasteiger charge is 2.47. The maximum atomic E-state index is 14.2. The number of carbonyl (C=O) groups is 2. The van der Waals surface area contributed by atoms with E-state index in [0.29, 0.717) is 17.8 Å². The molecule has 1 aromatic carbocycles. The van der Waals surface area contributed by atoms with E-state index in [-0.39, 0.29) is 29.6 Å². The summed E-state index contributed by atoms with van der Waals surface area (Å²) in [6.45, 7) is 0.268. The molecule has 2 heterocycles. The fourth-order valence-corrected chi connectivity index (χ4v) is 3.26. The van der Waals surface area contributed by atoms with Crippen LogP contribution < -0.4 is 5.32 Å². The van der Waals surface area contributed by atoms with Crippen LogP contribution in [-0.4, -0.2) is 41.4 Å². The van der Waals surface area contributed by atoms with Crippen molar-refractivity contribution in [3.8, 4) is 0 Å². The minimum atomic E-state index is -1.32. The molecule has 0 spiro atoms. The zero-order chi connectivity index (χ0) is 17.2. The summed E-state index contributed by atoms with van der Waals surface area (Å²) < 4.78 is 40.9. The number of hydrogen-bond donors (Lipinski definition) is 1. The largest absolute Gasteiger partial charge is 0.330 e. The third-order valence-corrected chi connectivity index (χ3v) is 4.73. The Morgan fingerprint density at radius 2 is 1.75 bits per heavy atom. The Hall–Kier alpha value is -2.51. The summed E-state index contributed by atoms with van der Waals surface area (Å²) in [5.74, 6) is -3.85. The number of nitrogens with one attached hydrogen (secondary N) is 1. The van der Waals surface area contributed by atoms with E-state index in [9.17, 15) is 22.8 Å². The summed E-state index contributed by atoms with van der Waals surface area (Å²) >= 11 is 0. The Kier molecular flexibility index (Phi) is 3.13. The van der Waals surface area contributed by atoms with Crippen molar-refractivity contribution >= 4 is 11.9 Å². The highest BCUT2D eigenvalue weighted by atomic mass is 19.2. The Balaban J connectivity index is 1.82. The van der Waals surface area contributed by atoms with Crippen LogP contribution in [0, 0.1) is 17.5 Å². The lowest BCUT2D eigenvalue weighted by Gasteiger charge is -2.31. The topological polar surface area (TPSA) is 52.7 Å². The molecule has 1 saturated carbocycles. The molecular weight excluding hydrogens is 323 g/mol. The molecule has 1 aliphatic carbocycles. The van der Waals surface area contributed by atoms with Crippen LogP contribution in [0.15, 0.2) is 23.4 Å². The van der Waals surface area contributed by atoms with Crippen LogP contribution >= 0.6 is 0 Å². The van der Waals surface area contributed by atoms with Gasteiger partial charge in [0.25, 0.3) is 5.91 Å². The van der Waals surface area contributed by atoms with Crippen molar-refractivity contribution in [2.75, 3.05) is 13.6 Å². The molecule has 3 amide bonds. The fraction of sp³-hybridized carbons (Fsp3) is 0.375. The van der Waals surface area contributed by atoms with E-state index in [0.717, 1.165) is 12.8 Å². The number of likely N-dealkylation sites (N-methyl/N-ethyl adjacent to an activating group) is 1. The second kappa shape index (κ2) is 4.99. The standard InChI is InChI=1S/C16H14F3N3O2/c1-21-12-6-22(7-2-3-7)15(23)13(12)14(20-16(21)24)8-4-10(18)11(19)5-9(8)17/h4-5,7,14H,2-3,6H2,1H3,(H,20,24)/t14-/m1/s1. The van der Waals surface area contributed by atoms with Crippen molar-refractivity contribution in [1.29, 1.82) is 0 Å². The molecule has 0 aromatic heterocycles. The lowest BCUT2D eigenvalue weighted by atomic mass is 9.95. The third kappa shape index (κ3) is 2.09. The molecule has 1 aromatic rings. The summed E-state index contributed by atoms with van der Waals surface area (Å²) in [5.41, 5.74) is 0.438. The summed E-state index contributed by atoms with van der Waals surface area (Å²) in [6.07, 6.45) is 1.78. The number of hydrogen-bond acceptors (Lipinski definition) is 2. The van der Waals surface area contributed by atoms with Gasteiger partial charge >= 0.3 is 6.03 Å². The first kappa shape index (κ1) is 15.0. The Morgan fingerprint density at radius 1 is 1.08 bits per heavy atom. The molecule has 8 heteroatoms. The van der Waals surface area contributed by atoms with Crippen molar-refractivity contribution in [3.05, 3.63) is 46.4 Å². The van der Waals surface area contributed by atoms with E-state index in [1.54, 1.807) is 4.90 Å². The van der Waals surface area contributed by atoms with Gasteiger partial charge in [0, 0.05) is 24.7 Å². The second-order valence-corrected chi connectivity index (χ2v) is 6.25. The van der Waals surface area contributed by atoms with E-state index in [4.69, 9.17) is 0 Å². The number of urea groups is 1. The monoisotopic (exact) mass is 337 g/mol. The number of benzene rings is 1. The van der Waals surface area contributed by atoms with Crippen molar-refractivity contribution in [3.63, 3.8) is 0 Å². The molecule has 5 nitrogen and oxygen atoms in total. The first-order valence-electron chi connectivity index (χ1n) is 7.61. The van der Waals surface area contributed by atoms with Crippen molar-refractivity contribution in [1.82, 2.24) is 15.1 Å². The van der Waals surface area contributed by atoms with Crippen molar-refractivity contribution < 1.29 is 22.8 Å². The van der Waals surface area contributed by atoms with Gasteiger partial charge in [0.05, 0.1) is 23.9 Å². The first-order chi connectivity index (χ1) is 11.4. The molecule has 0 bridgehead atoms. The van der Waals surface area contributed by atoms with Gasteiger partial charge in [0.2, 0.25) is 0 Å². The van der Waals surface area contributed by atoms with Crippen LogP contribution in [0.5, 0.6) is 0 Å². The van der Waals surface area contributed by atoms with Crippen molar-refractivity contribution in [2.24, 2.45) is 0 Å². The minimum Gasteiger partial charge on any atom is -0.330 e. The number of amides is 3. The third-order valence-electron chi connectivity index (χ3n) is 4.73. The molecule has 126 valence electrons. The SMILES string of the molecule is CN1C(=O)N[C@H](c2cc(F)c(F)cc2F)C2=C1CN(C1CC1)C2=O. The Morgan fingerprint density at radius 3 is 2.42 bits per heavy atom. The molecule has 0 unspecified atom stereocenters. The number of carbonyl (C=O) groups excluding carboxylic acids is 2. The van der Waals surface area contributed by atoms with Crippen LogP contribution in [-0.2, 0) is 4.79 Å². The summed E-state index contributed by atoms with van der Waals surface area (Å²) in [4.78, 5) is 27.8. The van der Waals surface area contributed by atoms with Gasteiger partial charge in [0.1, 0.15) is 5.82 Å². The predicted molar refractivity (Wildman–Crippen MR) is 77.1 cm³/mol. The van der Waals surface area contributed by atoms with Crippen LogP contribution in [0.2, 0.25) is 0 Å². The molecule has 1 fully saturated rings. The highest BCUT2D eigenvalue weighted by molar-refractivity contribution is 6.01. The van der Waals surface area contributed by atoms with E-state index < -0.39 is 29.5 Å². The number of rotatable bonds is 2. The molecular formula is C16H14F3N3O2. The lowest BCUT2D eigenvalue weighted by molar-refractivity contribution is -0.126. The maximum Gasteiger partial charge on any atom is 0.322 e. The molecule has 1 atom stereocenters. The van der Waals surface area contributed by atoms with Gasteiger partial charge in [-0.1, -0.05) is 0 Å². The average Bonchev–Trinajstić information content (AvgIpc) is 3.31. The molecule has 24 heavy (non-hydrogen) atoms. The second-order valence-electron chi connectivity index (χ2n) is 6.25. The van der Waals surface area contributed by atoms with Gasteiger partial charge < -0.3 is 10.2 Å². The summed E-state index contributed by atoms with van der Waals surface area (Å²) in [7, 11) is 1.52. The quantitative estimate of drug-likeness (QED) is 0.840. The maximum absolute atomic E-state index is 14.2. The summed E-state index contributed by atoms with van der Waals surface area (Å²) in [5, 5.41) is 2.50. The lowest BCUT2D eigenvalue weighted by Crippen LogP contribution is -2.45. The molecule has 4 rings (SSSR count). The molecule has 1 N–H and O–H groups in total. The molecule has 0 saturated heterocycles. The van der Waals surface area contributed by atoms with Crippen LogP contribution in [0.3, 0.4) is 0 Å². The van der Waals surface area contributed by atoms with Gasteiger partial charge in [-0.3, -0.25) is 9.69 Å². The smallest absolute Gasteiger partial charge is 0.322 e. The normalized spacial score (nSPS) is 23.8. The van der Waals surface area contributed by atoms with E-state index in [1.807, 2.05) is 0 Å². The molecule has 0 radical (unpaired) electrons.